The van der Waals surface area contributed by atoms with Crippen molar-refractivity contribution in [1.29, 1.82) is 0 Å². The minimum atomic E-state index is -0.847. The van der Waals surface area contributed by atoms with Crippen LogP contribution in [0.25, 0.3) is 0 Å². The van der Waals surface area contributed by atoms with E-state index in [9.17, 15) is 9.59 Å². The molecule has 0 spiro atoms. The molecule has 5 heteroatoms. The van der Waals surface area contributed by atoms with E-state index in [-0.39, 0.29) is 18.0 Å². The number of anilines is 1. The highest BCUT2D eigenvalue weighted by Crippen LogP contribution is 2.21. The first-order chi connectivity index (χ1) is 9.77. The summed E-state index contributed by atoms with van der Waals surface area (Å²) in [6.45, 7) is 6.04. The second-order valence-corrected chi connectivity index (χ2v) is 5.71. The Morgan fingerprint density at radius 1 is 1.29 bits per heavy atom. The van der Waals surface area contributed by atoms with Crippen molar-refractivity contribution >= 4 is 17.7 Å². The summed E-state index contributed by atoms with van der Waals surface area (Å²) in [6.07, 6.45) is 1.29. The largest absolute Gasteiger partial charge is 0.481 e. The van der Waals surface area contributed by atoms with Gasteiger partial charge in [-0.3, -0.25) is 4.79 Å². The molecule has 0 aliphatic carbocycles. The quantitative estimate of drug-likeness (QED) is 0.844. The molecule has 0 radical (unpaired) electrons. The van der Waals surface area contributed by atoms with Crippen LogP contribution in [0, 0.1) is 0 Å². The van der Waals surface area contributed by atoms with Gasteiger partial charge in [-0.05, 0) is 38.3 Å². The lowest BCUT2D eigenvalue weighted by molar-refractivity contribution is -0.136. The number of carbonyl (C=O) groups excluding carboxylic acids is 1. The van der Waals surface area contributed by atoms with Gasteiger partial charge in [-0.25, -0.2) is 4.79 Å². The van der Waals surface area contributed by atoms with Crippen molar-refractivity contribution in [3.05, 3.63) is 29.8 Å². The number of aliphatic carboxylic acids is 1. The van der Waals surface area contributed by atoms with E-state index in [0.717, 1.165) is 12.0 Å². The first-order valence-corrected chi connectivity index (χ1v) is 7.12. The molecular weight excluding hydrogens is 268 g/mol. The average molecular weight is 292 g/mol. The maximum absolute atomic E-state index is 12.3. The number of carboxylic acid groups (broad SMARTS) is 1. The molecular formula is C16H24N2O3. The van der Waals surface area contributed by atoms with Crippen molar-refractivity contribution in [3.63, 3.8) is 0 Å². The zero-order chi connectivity index (χ0) is 16.0. The molecule has 0 aromatic heterocycles. The first kappa shape index (κ1) is 17.0. The van der Waals surface area contributed by atoms with Gasteiger partial charge in [0, 0.05) is 24.7 Å². The van der Waals surface area contributed by atoms with Crippen LogP contribution in [-0.4, -0.2) is 34.6 Å². The Morgan fingerprint density at radius 2 is 1.90 bits per heavy atom. The number of carboxylic acids is 1. The Bertz CT molecular complexity index is 512. The molecule has 0 bridgehead atoms. The van der Waals surface area contributed by atoms with E-state index in [2.05, 4.69) is 5.32 Å². The number of nitrogens with one attached hydrogen (secondary N) is 1. The zero-order valence-corrected chi connectivity index (χ0v) is 13.1. The van der Waals surface area contributed by atoms with E-state index in [1.807, 2.05) is 39.0 Å². The first-order valence-electron chi connectivity index (χ1n) is 7.12. The van der Waals surface area contributed by atoms with E-state index in [4.69, 9.17) is 5.11 Å². The maximum atomic E-state index is 12.3. The van der Waals surface area contributed by atoms with Crippen LogP contribution in [0.1, 0.15) is 39.2 Å². The molecule has 0 aliphatic rings. The van der Waals surface area contributed by atoms with Gasteiger partial charge in [-0.2, -0.15) is 0 Å². The van der Waals surface area contributed by atoms with Crippen LogP contribution >= 0.6 is 0 Å². The molecule has 1 aromatic carbocycles. The third-order valence-corrected chi connectivity index (χ3v) is 3.95. The fraction of sp³-hybridized carbons (Fsp3) is 0.500. The van der Waals surface area contributed by atoms with Crippen molar-refractivity contribution < 1.29 is 14.7 Å². The van der Waals surface area contributed by atoms with Crippen LogP contribution in [-0.2, 0) is 11.2 Å². The van der Waals surface area contributed by atoms with Gasteiger partial charge in [0.15, 0.2) is 0 Å². The number of nitrogens with zero attached hydrogens (tertiary/aromatic N) is 1. The number of carbonyl (C=O) groups is 2. The van der Waals surface area contributed by atoms with Gasteiger partial charge in [-0.15, -0.1) is 0 Å². The zero-order valence-electron chi connectivity index (χ0n) is 13.1. The van der Waals surface area contributed by atoms with Gasteiger partial charge in [0.25, 0.3) is 0 Å². The summed E-state index contributed by atoms with van der Waals surface area (Å²) in [5.41, 5.74) is 1.26. The fourth-order valence-corrected chi connectivity index (χ4v) is 1.81. The van der Waals surface area contributed by atoms with Crippen LogP contribution in [0.15, 0.2) is 24.3 Å². The molecule has 21 heavy (non-hydrogen) atoms. The molecule has 5 nitrogen and oxygen atoms in total. The molecule has 0 fully saturated rings. The molecule has 2 amide bonds. The van der Waals surface area contributed by atoms with Gasteiger partial charge < -0.3 is 15.3 Å². The van der Waals surface area contributed by atoms with Crippen LogP contribution in [0.5, 0.6) is 0 Å². The fourth-order valence-electron chi connectivity index (χ4n) is 1.81. The Kier molecular flexibility index (Phi) is 5.76. The molecule has 0 aliphatic heterocycles. The van der Waals surface area contributed by atoms with Gasteiger partial charge in [0.05, 0.1) is 0 Å². The Morgan fingerprint density at radius 3 is 2.48 bits per heavy atom. The van der Waals surface area contributed by atoms with Crippen molar-refractivity contribution in [2.75, 3.05) is 12.4 Å². The summed E-state index contributed by atoms with van der Waals surface area (Å²) in [7, 11) is 1.76. The van der Waals surface area contributed by atoms with Gasteiger partial charge in [-0.1, -0.05) is 25.1 Å². The molecule has 0 saturated heterocycles. The summed E-state index contributed by atoms with van der Waals surface area (Å²) in [4.78, 5) is 24.7. The molecule has 116 valence electrons. The summed E-state index contributed by atoms with van der Waals surface area (Å²) in [6, 6.07) is 7.10. The molecule has 1 rings (SSSR count). The van der Waals surface area contributed by atoms with Crippen LogP contribution in [0.3, 0.4) is 0 Å². The average Bonchev–Trinajstić information content (AvgIpc) is 2.45. The van der Waals surface area contributed by atoms with Crippen molar-refractivity contribution in [2.24, 2.45) is 0 Å². The minimum Gasteiger partial charge on any atom is -0.481 e. The number of hydrogen-bond acceptors (Lipinski definition) is 2. The van der Waals surface area contributed by atoms with Crippen LogP contribution < -0.4 is 5.32 Å². The standard InChI is InChI=1S/C16H24N2O3/c1-5-16(2,3)18(4)15(21)17-13-9-7-6-8-12(13)10-11-14(19)20/h6-9H,5,10-11H2,1-4H3,(H,17,21)(H,19,20). The van der Waals surface area contributed by atoms with Gasteiger partial charge >= 0.3 is 12.0 Å². The summed E-state index contributed by atoms with van der Waals surface area (Å²) in [5, 5.41) is 11.6. The van der Waals surface area contributed by atoms with Crippen LogP contribution in [0.2, 0.25) is 0 Å². The molecule has 0 heterocycles. The van der Waals surface area contributed by atoms with E-state index in [1.165, 1.54) is 0 Å². The summed E-state index contributed by atoms with van der Waals surface area (Å²) in [5.74, 6) is -0.847. The SMILES string of the molecule is CCC(C)(C)N(C)C(=O)Nc1ccccc1CCC(=O)O. The monoisotopic (exact) mass is 292 g/mol. The Labute approximate surface area is 126 Å². The highest BCUT2D eigenvalue weighted by atomic mass is 16.4. The number of rotatable bonds is 6. The van der Waals surface area contributed by atoms with E-state index in [1.54, 1.807) is 18.0 Å². The Balaban J connectivity index is 2.83. The lowest BCUT2D eigenvalue weighted by Gasteiger charge is -2.34. The summed E-state index contributed by atoms with van der Waals surface area (Å²) >= 11 is 0. The topological polar surface area (TPSA) is 69.6 Å². The predicted molar refractivity (Wildman–Crippen MR) is 83.6 cm³/mol. The molecule has 0 unspecified atom stereocenters. The van der Waals surface area contributed by atoms with Gasteiger partial charge in [0.2, 0.25) is 0 Å². The molecule has 1 aromatic rings. The Hall–Kier alpha value is -2.04. The highest BCUT2D eigenvalue weighted by Gasteiger charge is 2.25. The number of amides is 2. The lowest BCUT2D eigenvalue weighted by atomic mass is 10.0. The number of benzene rings is 1. The second-order valence-electron chi connectivity index (χ2n) is 5.71. The van der Waals surface area contributed by atoms with Crippen LogP contribution in [0.4, 0.5) is 10.5 Å². The smallest absolute Gasteiger partial charge is 0.322 e. The third kappa shape index (κ3) is 4.77. The predicted octanol–water partition coefficient (Wildman–Crippen LogP) is 3.36. The second kappa shape index (κ2) is 7.11. The van der Waals surface area contributed by atoms with E-state index < -0.39 is 5.97 Å². The van der Waals surface area contributed by atoms with Crippen molar-refractivity contribution in [2.45, 2.75) is 45.6 Å². The number of para-hydroxylation sites is 1. The number of hydrogen-bond donors (Lipinski definition) is 2. The maximum Gasteiger partial charge on any atom is 0.322 e. The van der Waals surface area contributed by atoms with E-state index >= 15 is 0 Å². The van der Waals surface area contributed by atoms with E-state index in [0.29, 0.717) is 12.1 Å². The van der Waals surface area contributed by atoms with Crippen molar-refractivity contribution in [1.82, 2.24) is 4.90 Å². The number of urea groups is 1. The lowest BCUT2D eigenvalue weighted by Crippen LogP contribution is -2.46. The molecule has 0 atom stereocenters. The van der Waals surface area contributed by atoms with Gasteiger partial charge in [0.1, 0.15) is 0 Å². The minimum absolute atomic E-state index is 0.0448. The van der Waals surface area contributed by atoms with Crippen molar-refractivity contribution in [3.8, 4) is 0 Å². The number of aryl methyl sites for hydroxylation is 1. The highest BCUT2D eigenvalue weighted by molar-refractivity contribution is 5.90. The normalized spacial score (nSPS) is 11.0. The third-order valence-electron chi connectivity index (χ3n) is 3.95. The summed E-state index contributed by atoms with van der Waals surface area (Å²) < 4.78 is 0. The molecule has 0 saturated carbocycles. The molecule has 2 N–H and O–H groups in total.